The van der Waals surface area contributed by atoms with Gasteiger partial charge in [0.25, 0.3) is 11.6 Å². The molecule has 0 aliphatic rings. The van der Waals surface area contributed by atoms with Gasteiger partial charge in [-0.1, -0.05) is 42.5 Å². The Bertz CT molecular complexity index is 1480. The molecule has 0 saturated heterocycles. The van der Waals surface area contributed by atoms with E-state index in [1.807, 2.05) is 12.1 Å². The van der Waals surface area contributed by atoms with Crippen LogP contribution in [-0.4, -0.2) is 30.0 Å². The molecule has 35 heavy (non-hydrogen) atoms. The number of hydrogen-bond donors (Lipinski definition) is 1. The molecule has 0 saturated carbocycles. The fourth-order valence-electron chi connectivity index (χ4n) is 3.66. The Hall–Kier alpha value is -4.79. The lowest BCUT2D eigenvalue weighted by Gasteiger charge is -2.17. The lowest BCUT2D eigenvalue weighted by atomic mass is 10.0. The van der Waals surface area contributed by atoms with Crippen molar-refractivity contribution >= 4 is 28.5 Å². The molecule has 1 atom stereocenters. The van der Waals surface area contributed by atoms with Gasteiger partial charge in [-0.25, -0.2) is 9.59 Å². The summed E-state index contributed by atoms with van der Waals surface area (Å²) in [5.74, 6) is -1.21. The summed E-state index contributed by atoms with van der Waals surface area (Å²) >= 11 is 0. The van der Waals surface area contributed by atoms with Gasteiger partial charge in [-0.3, -0.25) is 14.9 Å². The van der Waals surface area contributed by atoms with Gasteiger partial charge in [0.1, 0.15) is 11.6 Å². The van der Waals surface area contributed by atoms with E-state index in [0.29, 0.717) is 22.3 Å². The van der Waals surface area contributed by atoms with Crippen LogP contribution in [-0.2, 0) is 16.0 Å². The van der Waals surface area contributed by atoms with Crippen LogP contribution in [0.3, 0.4) is 0 Å². The molecule has 1 aromatic heterocycles. The van der Waals surface area contributed by atoms with Crippen molar-refractivity contribution in [2.45, 2.75) is 12.5 Å². The van der Waals surface area contributed by atoms with Gasteiger partial charge < -0.3 is 14.5 Å². The zero-order valence-corrected chi connectivity index (χ0v) is 18.6. The lowest BCUT2D eigenvalue weighted by molar-refractivity contribution is -0.384. The molecule has 0 radical (unpaired) electrons. The quantitative estimate of drug-likeness (QED) is 0.187. The van der Waals surface area contributed by atoms with E-state index in [2.05, 4.69) is 5.32 Å². The molecule has 0 spiro atoms. The third-order valence-corrected chi connectivity index (χ3v) is 5.46. The van der Waals surface area contributed by atoms with Gasteiger partial charge in [0.2, 0.25) is 0 Å². The van der Waals surface area contributed by atoms with Crippen LogP contribution in [0.15, 0.2) is 88.1 Å². The van der Waals surface area contributed by atoms with Crippen LogP contribution in [0.25, 0.3) is 22.1 Å². The number of benzene rings is 3. The van der Waals surface area contributed by atoms with E-state index in [9.17, 15) is 24.5 Å². The minimum atomic E-state index is -1.02. The Morgan fingerprint density at radius 1 is 1.03 bits per heavy atom. The second-order valence-electron chi connectivity index (χ2n) is 7.74. The summed E-state index contributed by atoms with van der Waals surface area (Å²) in [5.41, 5.74) is 1.47. The third kappa shape index (κ3) is 5.25. The van der Waals surface area contributed by atoms with Crippen molar-refractivity contribution in [1.29, 1.82) is 0 Å². The van der Waals surface area contributed by atoms with E-state index in [4.69, 9.17) is 9.15 Å². The van der Waals surface area contributed by atoms with Crippen molar-refractivity contribution in [2.24, 2.45) is 0 Å². The fourth-order valence-corrected chi connectivity index (χ4v) is 3.66. The third-order valence-electron chi connectivity index (χ3n) is 5.46. The topological polar surface area (TPSA) is 129 Å². The molecule has 176 valence electrons. The molecule has 4 rings (SSSR count). The standard InChI is InChI=1S/C26H20N2O7/c1-34-26(31)22(13-16-9-11-20(12-10-16)28(32)33)27-24(29)19-7-4-6-17(14-19)21-15-18-5-2-3-8-23(18)35-25(21)30/h2-12,14-15,22H,13H2,1H3,(H,27,29)/t22-/m0/s1. The van der Waals surface area contributed by atoms with Gasteiger partial charge in [-0.2, -0.15) is 0 Å². The molecule has 9 nitrogen and oxygen atoms in total. The molecule has 0 aliphatic heterocycles. The van der Waals surface area contributed by atoms with E-state index in [1.165, 1.54) is 37.4 Å². The summed E-state index contributed by atoms with van der Waals surface area (Å²) in [5, 5.41) is 14.2. The molecule has 9 heteroatoms. The number of carbonyl (C=O) groups is 2. The van der Waals surface area contributed by atoms with Gasteiger partial charge in [-0.05, 0) is 35.4 Å². The Morgan fingerprint density at radius 2 is 1.77 bits per heavy atom. The smallest absolute Gasteiger partial charge is 0.344 e. The zero-order chi connectivity index (χ0) is 24.9. The van der Waals surface area contributed by atoms with E-state index in [1.54, 1.807) is 36.4 Å². The number of carbonyl (C=O) groups excluding carboxylic acids is 2. The van der Waals surface area contributed by atoms with Gasteiger partial charge >= 0.3 is 11.6 Å². The van der Waals surface area contributed by atoms with Crippen molar-refractivity contribution in [1.82, 2.24) is 5.32 Å². The van der Waals surface area contributed by atoms with Crippen molar-refractivity contribution in [2.75, 3.05) is 7.11 Å². The molecular weight excluding hydrogens is 452 g/mol. The number of nitro benzene ring substituents is 1. The number of fused-ring (bicyclic) bond motifs is 1. The van der Waals surface area contributed by atoms with Crippen LogP contribution < -0.4 is 10.9 Å². The van der Waals surface area contributed by atoms with Crippen molar-refractivity contribution in [3.05, 3.63) is 111 Å². The number of rotatable bonds is 7. The number of amides is 1. The molecule has 0 aliphatic carbocycles. The van der Waals surface area contributed by atoms with Crippen LogP contribution in [0.5, 0.6) is 0 Å². The van der Waals surface area contributed by atoms with Crippen LogP contribution in [0.4, 0.5) is 5.69 Å². The average Bonchev–Trinajstić information content (AvgIpc) is 2.87. The van der Waals surface area contributed by atoms with Gasteiger partial charge in [0.05, 0.1) is 17.6 Å². The van der Waals surface area contributed by atoms with Crippen LogP contribution >= 0.6 is 0 Å². The Morgan fingerprint density at radius 3 is 2.49 bits per heavy atom. The number of nitrogens with one attached hydrogen (secondary N) is 1. The monoisotopic (exact) mass is 472 g/mol. The molecule has 3 aromatic carbocycles. The first-order valence-corrected chi connectivity index (χ1v) is 10.6. The minimum Gasteiger partial charge on any atom is -0.467 e. The number of nitro groups is 1. The summed E-state index contributed by atoms with van der Waals surface area (Å²) in [7, 11) is 1.21. The summed E-state index contributed by atoms with van der Waals surface area (Å²) in [6.07, 6.45) is 0.0738. The average molecular weight is 472 g/mol. The molecule has 0 unspecified atom stereocenters. The van der Waals surface area contributed by atoms with Crippen molar-refractivity contribution < 1.29 is 23.7 Å². The predicted molar refractivity (Wildman–Crippen MR) is 128 cm³/mol. The predicted octanol–water partition coefficient (Wildman–Crippen LogP) is 3.88. The highest BCUT2D eigenvalue weighted by molar-refractivity contribution is 5.98. The Kier molecular flexibility index (Phi) is 6.68. The number of para-hydroxylation sites is 1. The molecule has 0 fully saturated rings. The first-order valence-electron chi connectivity index (χ1n) is 10.6. The second kappa shape index (κ2) is 10.0. The molecule has 1 heterocycles. The fraction of sp³-hybridized carbons (Fsp3) is 0.115. The molecular formula is C26H20N2O7. The maximum absolute atomic E-state index is 13.0. The highest BCUT2D eigenvalue weighted by Crippen LogP contribution is 2.22. The maximum Gasteiger partial charge on any atom is 0.344 e. The largest absolute Gasteiger partial charge is 0.467 e. The van der Waals surface area contributed by atoms with E-state index >= 15 is 0 Å². The number of non-ortho nitro benzene ring substituents is 1. The number of esters is 1. The summed E-state index contributed by atoms with van der Waals surface area (Å²) in [6, 6.07) is 19.9. The van der Waals surface area contributed by atoms with Crippen LogP contribution in [0.2, 0.25) is 0 Å². The summed E-state index contributed by atoms with van der Waals surface area (Å²) in [4.78, 5) is 48.2. The van der Waals surface area contributed by atoms with E-state index in [-0.39, 0.29) is 17.7 Å². The van der Waals surface area contributed by atoms with E-state index < -0.39 is 28.5 Å². The minimum absolute atomic E-state index is 0.0738. The molecule has 0 bridgehead atoms. The maximum atomic E-state index is 13.0. The lowest BCUT2D eigenvalue weighted by Crippen LogP contribution is -2.43. The SMILES string of the molecule is COC(=O)[C@H](Cc1ccc([N+](=O)[O-])cc1)NC(=O)c1cccc(-c2cc3ccccc3oc2=O)c1. The first kappa shape index (κ1) is 23.4. The number of nitrogens with zero attached hydrogens (tertiary/aromatic N) is 1. The van der Waals surface area contributed by atoms with E-state index in [0.717, 1.165) is 5.39 Å². The molecule has 1 amide bonds. The molecule has 4 aromatic rings. The van der Waals surface area contributed by atoms with Crippen molar-refractivity contribution in [3.8, 4) is 11.1 Å². The summed E-state index contributed by atoms with van der Waals surface area (Å²) in [6.45, 7) is 0. The first-order chi connectivity index (χ1) is 16.9. The number of methoxy groups -OCH3 is 1. The summed E-state index contributed by atoms with van der Waals surface area (Å²) < 4.78 is 10.2. The van der Waals surface area contributed by atoms with Crippen LogP contribution in [0.1, 0.15) is 15.9 Å². The number of ether oxygens (including phenoxy) is 1. The molecule has 1 N–H and O–H groups in total. The zero-order valence-electron chi connectivity index (χ0n) is 18.6. The van der Waals surface area contributed by atoms with Gasteiger partial charge in [0.15, 0.2) is 0 Å². The Balaban J connectivity index is 1.58. The normalized spacial score (nSPS) is 11.6. The highest BCUT2D eigenvalue weighted by atomic mass is 16.6. The van der Waals surface area contributed by atoms with Gasteiger partial charge in [0, 0.05) is 29.5 Å². The van der Waals surface area contributed by atoms with Crippen molar-refractivity contribution in [3.63, 3.8) is 0 Å². The Labute approximate surface area is 199 Å². The second-order valence-corrected chi connectivity index (χ2v) is 7.74. The highest BCUT2D eigenvalue weighted by Gasteiger charge is 2.23. The number of hydrogen-bond acceptors (Lipinski definition) is 7. The van der Waals surface area contributed by atoms with Crippen LogP contribution in [0, 0.1) is 10.1 Å². The van der Waals surface area contributed by atoms with Gasteiger partial charge in [-0.15, -0.1) is 0 Å².